The molecule has 3 aliphatic rings. The van der Waals surface area contributed by atoms with Crippen molar-refractivity contribution in [2.24, 2.45) is 23.2 Å². The van der Waals surface area contributed by atoms with Crippen LogP contribution in [0.3, 0.4) is 0 Å². The fourth-order valence-corrected chi connectivity index (χ4v) is 8.41. The SMILES string of the molecule is CCCCCCCCN(CCCCC1Cc2cc(O)ccc2C2C(F)C[C@]3(C)C(O)CCC3C12)C(=O)CC. The van der Waals surface area contributed by atoms with Crippen molar-refractivity contribution in [2.75, 3.05) is 13.1 Å². The number of phenolic OH excluding ortho intramolecular Hbond substituents is 1. The molecule has 2 fully saturated rings. The fourth-order valence-electron chi connectivity index (χ4n) is 8.41. The average molecular weight is 530 g/mol. The third kappa shape index (κ3) is 6.24. The van der Waals surface area contributed by atoms with Crippen LogP contribution in [0, 0.1) is 23.2 Å². The van der Waals surface area contributed by atoms with Crippen molar-refractivity contribution in [1.82, 2.24) is 4.90 Å². The second kappa shape index (κ2) is 13.2. The number of phenols is 1. The third-order valence-electron chi connectivity index (χ3n) is 10.5. The number of alkyl halides is 1. The number of carbonyl (C=O) groups is 1. The van der Waals surface area contributed by atoms with Crippen molar-refractivity contribution in [3.63, 3.8) is 0 Å². The molecule has 3 aliphatic carbocycles. The van der Waals surface area contributed by atoms with Crippen LogP contribution in [0.2, 0.25) is 0 Å². The van der Waals surface area contributed by atoms with Crippen LogP contribution in [0.5, 0.6) is 5.75 Å². The van der Waals surface area contributed by atoms with E-state index in [1.807, 2.05) is 19.1 Å². The number of hydrogen-bond acceptors (Lipinski definition) is 3. The molecule has 5 heteroatoms. The molecular formula is C33H52FNO3. The maximum Gasteiger partial charge on any atom is 0.222 e. The minimum atomic E-state index is -0.963. The van der Waals surface area contributed by atoms with Gasteiger partial charge in [-0.1, -0.05) is 65.4 Å². The first-order chi connectivity index (χ1) is 18.3. The van der Waals surface area contributed by atoms with Crippen LogP contribution < -0.4 is 0 Å². The number of aromatic hydroxyl groups is 1. The van der Waals surface area contributed by atoms with Crippen LogP contribution in [-0.2, 0) is 11.2 Å². The van der Waals surface area contributed by atoms with Crippen LogP contribution >= 0.6 is 0 Å². The Morgan fingerprint density at radius 1 is 1.05 bits per heavy atom. The molecule has 2 N–H and O–H groups in total. The van der Waals surface area contributed by atoms with E-state index >= 15 is 4.39 Å². The summed E-state index contributed by atoms with van der Waals surface area (Å²) in [6.45, 7) is 7.98. The maximum atomic E-state index is 15.9. The van der Waals surface area contributed by atoms with Crippen molar-refractivity contribution in [2.45, 2.75) is 129 Å². The van der Waals surface area contributed by atoms with E-state index in [-0.39, 0.29) is 28.9 Å². The van der Waals surface area contributed by atoms with Gasteiger partial charge in [-0.05, 0) is 91.4 Å². The Labute approximate surface area is 230 Å². The zero-order chi connectivity index (χ0) is 27.3. The second-order valence-electron chi connectivity index (χ2n) is 12.9. The number of aliphatic hydroxyl groups is 1. The standard InChI is InChI=1S/C33H52FNO3/c1-4-6-7-8-9-11-18-35(30(38)5-2)19-12-10-13-23-20-24-21-25(36)14-15-26(24)32-28(34)22-33(3)27(31(23)32)16-17-29(33)37/h14-15,21,23,27-29,31-32,36-37H,4-13,16-20,22H2,1-3H3/t23?,27?,28?,29?,31?,32?,33-/m0/s1. The van der Waals surface area contributed by atoms with Gasteiger partial charge < -0.3 is 15.1 Å². The lowest BCUT2D eigenvalue weighted by Crippen LogP contribution is -2.51. The number of aliphatic hydroxyl groups excluding tert-OH is 1. The van der Waals surface area contributed by atoms with Gasteiger partial charge in [-0.3, -0.25) is 4.79 Å². The number of amides is 1. The summed E-state index contributed by atoms with van der Waals surface area (Å²) in [4.78, 5) is 14.7. The molecule has 38 heavy (non-hydrogen) atoms. The fraction of sp³-hybridized carbons (Fsp3) is 0.788. The van der Waals surface area contributed by atoms with Crippen LogP contribution in [0.1, 0.15) is 121 Å². The molecule has 1 amide bonds. The van der Waals surface area contributed by atoms with Crippen LogP contribution in [0.15, 0.2) is 18.2 Å². The Bertz CT molecular complexity index is 922. The molecule has 7 atom stereocenters. The minimum Gasteiger partial charge on any atom is -0.508 e. The van der Waals surface area contributed by atoms with Gasteiger partial charge >= 0.3 is 0 Å². The molecule has 0 aromatic heterocycles. The van der Waals surface area contributed by atoms with Crippen LogP contribution in [0.25, 0.3) is 0 Å². The average Bonchev–Trinajstić information content (AvgIpc) is 3.19. The topological polar surface area (TPSA) is 60.8 Å². The number of carbonyl (C=O) groups excluding carboxylic acids is 1. The van der Waals surface area contributed by atoms with Crippen molar-refractivity contribution in [3.8, 4) is 5.75 Å². The summed E-state index contributed by atoms with van der Waals surface area (Å²) >= 11 is 0. The molecule has 1 aromatic carbocycles. The van der Waals surface area contributed by atoms with Crippen LogP contribution in [0.4, 0.5) is 4.39 Å². The Hall–Kier alpha value is -1.62. The quantitative estimate of drug-likeness (QED) is 0.259. The van der Waals surface area contributed by atoms with E-state index in [2.05, 4.69) is 18.7 Å². The Kier molecular flexibility index (Phi) is 10.2. The summed E-state index contributed by atoms with van der Waals surface area (Å²) in [7, 11) is 0. The van der Waals surface area contributed by atoms with Gasteiger partial charge in [0.1, 0.15) is 11.9 Å². The summed E-state index contributed by atoms with van der Waals surface area (Å²) in [5, 5.41) is 21.0. The highest BCUT2D eigenvalue weighted by atomic mass is 19.1. The van der Waals surface area contributed by atoms with Gasteiger partial charge in [0.2, 0.25) is 5.91 Å². The number of benzene rings is 1. The zero-order valence-corrected chi connectivity index (χ0v) is 24.1. The van der Waals surface area contributed by atoms with E-state index < -0.39 is 12.3 Å². The lowest BCUT2D eigenvalue weighted by Gasteiger charge is -2.54. The van der Waals surface area contributed by atoms with Crippen molar-refractivity contribution in [3.05, 3.63) is 29.3 Å². The maximum absolute atomic E-state index is 15.9. The van der Waals surface area contributed by atoms with E-state index in [0.29, 0.717) is 24.7 Å². The van der Waals surface area contributed by atoms with Crippen molar-refractivity contribution in [1.29, 1.82) is 0 Å². The van der Waals surface area contributed by atoms with Crippen molar-refractivity contribution >= 4 is 5.91 Å². The molecule has 0 bridgehead atoms. The molecule has 0 spiro atoms. The summed E-state index contributed by atoms with van der Waals surface area (Å²) in [5.41, 5.74) is 1.85. The van der Waals surface area contributed by atoms with Crippen LogP contribution in [-0.4, -0.2) is 46.4 Å². The normalized spacial score (nSPS) is 31.9. The Balaban J connectivity index is 1.40. The van der Waals surface area contributed by atoms with E-state index in [1.165, 1.54) is 32.1 Å². The highest BCUT2D eigenvalue weighted by Crippen LogP contribution is 2.63. The molecule has 4 rings (SSSR count). The molecule has 0 heterocycles. The highest BCUT2D eigenvalue weighted by Gasteiger charge is 2.59. The molecule has 2 saturated carbocycles. The molecule has 0 saturated heterocycles. The van der Waals surface area contributed by atoms with E-state index in [4.69, 9.17) is 0 Å². The van der Waals surface area contributed by atoms with Gasteiger partial charge in [-0.25, -0.2) is 4.39 Å². The summed E-state index contributed by atoms with van der Waals surface area (Å²) in [5.74, 6) is 1.29. The van der Waals surface area contributed by atoms with Crippen molar-refractivity contribution < 1.29 is 19.4 Å². The number of nitrogens with zero attached hydrogens (tertiary/aromatic N) is 1. The molecule has 0 radical (unpaired) electrons. The van der Waals surface area contributed by atoms with Gasteiger partial charge in [0, 0.05) is 25.4 Å². The molecule has 6 unspecified atom stereocenters. The molecule has 214 valence electrons. The summed E-state index contributed by atoms with van der Waals surface area (Å²) in [6, 6.07) is 5.52. The molecule has 4 nitrogen and oxygen atoms in total. The monoisotopic (exact) mass is 529 g/mol. The number of unbranched alkanes of at least 4 members (excludes halogenated alkanes) is 6. The zero-order valence-electron chi connectivity index (χ0n) is 24.1. The largest absolute Gasteiger partial charge is 0.508 e. The van der Waals surface area contributed by atoms with E-state index in [0.717, 1.165) is 69.2 Å². The Morgan fingerprint density at radius 3 is 2.50 bits per heavy atom. The number of halogens is 1. The van der Waals surface area contributed by atoms with Gasteiger partial charge in [-0.2, -0.15) is 0 Å². The minimum absolute atomic E-state index is 0.140. The smallest absolute Gasteiger partial charge is 0.222 e. The predicted octanol–water partition coefficient (Wildman–Crippen LogP) is 7.55. The van der Waals surface area contributed by atoms with Gasteiger partial charge in [-0.15, -0.1) is 0 Å². The number of hydrogen-bond donors (Lipinski definition) is 2. The lowest BCUT2D eigenvalue weighted by atomic mass is 9.51. The highest BCUT2D eigenvalue weighted by molar-refractivity contribution is 5.75. The lowest BCUT2D eigenvalue weighted by molar-refractivity contribution is -0.131. The number of fused-ring (bicyclic) bond motifs is 5. The molecular weight excluding hydrogens is 477 g/mol. The summed E-state index contributed by atoms with van der Waals surface area (Å²) in [6.07, 6.45) is 12.6. The van der Waals surface area contributed by atoms with E-state index in [9.17, 15) is 15.0 Å². The second-order valence-corrected chi connectivity index (χ2v) is 12.9. The molecule has 0 aliphatic heterocycles. The number of rotatable bonds is 13. The predicted molar refractivity (Wildman–Crippen MR) is 152 cm³/mol. The Morgan fingerprint density at radius 2 is 1.76 bits per heavy atom. The first kappa shape index (κ1) is 29.4. The summed E-state index contributed by atoms with van der Waals surface area (Å²) < 4.78 is 15.9. The van der Waals surface area contributed by atoms with Gasteiger partial charge in [0.25, 0.3) is 0 Å². The molecule has 1 aromatic rings. The van der Waals surface area contributed by atoms with Gasteiger partial charge in [0.15, 0.2) is 0 Å². The van der Waals surface area contributed by atoms with E-state index in [1.54, 1.807) is 6.07 Å². The first-order valence-corrected chi connectivity index (χ1v) is 15.7. The first-order valence-electron chi connectivity index (χ1n) is 15.7. The third-order valence-corrected chi connectivity index (χ3v) is 10.5. The van der Waals surface area contributed by atoms with Gasteiger partial charge in [0.05, 0.1) is 6.10 Å².